The third kappa shape index (κ3) is 3.54. The summed E-state index contributed by atoms with van der Waals surface area (Å²) in [5.41, 5.74) is 2.65. The van der Waals surface area contributed by atoms with Gasteiger partial charge in [-0.05, 0) is 31.5 Å². The van der Waals surface area contributed by atoms with E-state index in [1.807, 2.05) is 20.0 Å². The van der Waals surface area contributed by atoms with Crippen LogP contribution in [0.3, 0.4) is 0 Å². The minimum atomic E-state index is 0.900. The van der Waals surface area contributed by atoms with Crippen molar-refractivity contribution in [2.24, 2.45) is 0 Å². The molecule has 0 aliphatic heterocycles. The second-order valence-corrected chi connectivity index (χ2v) is 2.64. The summed E-state index contributed by atoms with van der Waals surface area (Å²) in [6.45, 7) is 8.90. The quantitative estimate of drug-likeness (QED) is 0.618. The van der Waals surface area contributed by atoms with E-state index in [2.05, 4.69) is 31.0 Å². The first-order chi connectivity index (χ1) is 5.79. The first-order valence-corrected chi connectivity index (χ1v) is 4.41. The normalized spacial score (nSPS) is 13.2. The third-order valence-electron chi connectivity index (χ3n) is 1.77. The van der Waals surface area contributed by atoms with Gasteiger partial charge in [0.25, 0.3) is 0 Å². The molecule has 0 aliphatic carbocycles. The fourth-order valence-electron chi connectivity index (χ4n) is 1.16. The topological polar surface area (TPSA) is 12.0 Å². The standard InChI is InChI=1S/C11H19N/c1-5-8-10(6-2)11(7-3)9-12-4/h5,7-8,12H,3,6,9H2,1-2,4H3/b8-5-,11-10+. The van der Waals surface area contributed by atoms with Crippen LogP contribution < -0.4 is 5.32 Å². The highest BCUT2D eigenvalue weighted by Crippen LogP contribution is 2.10. The van der Waals surface area contributed by atoms with Crippen LogP contribution in [0.2, 0.25) is 0 Å². The highest BCUT2D eigenvalue weighted by Gasteiger charge is 1.96. The molecular formula is C11H19N. The van der Waals surface area contributed by atoms with E-state index in [4.69, 9.17) is 0 Å². The lowest BCUT2D eigenvalue weighted by Crippen LogP contribution is -2.10. The Kier molecular flexibility index (Phi) is 6.39. The molecule has 1 N–H and O–H groups in total. The molecule has 1 heteroatoms. The van der Waals surface area contributed by atoms with Crippen LogP contribution in [-0.2, 0) is 0 Å². The van der Waals surface area contributed by atoms with Crippen LogP contribution in [0.25, 0.3) is 0 Å². The van der Waals surface area contributed by atoms with Crippen LogP contribution in [-0.4, -0.2) is 13.6 Å². The lowest BCUT2D eigenvalue weighted by atomic mass is 10.1. The molecule has 0 saturated carbocycles. The predicted molar refractivity (Wildman–Crippen MR) is 56.3 cm³/mol. The van der Waals surface area contributed by atoms with Gasteiger partial charge in [0.2, 0.25) is 0 Å². The minimum Gasteiger partial charge on any atom is -0.316 e. The largest absolute Gasteiger partial charge is 0.316 e. The van der Waals surface area contributed by atoms with Crippen LogP contribution in [0, 0.1) is 0 Å². The van der Waals surface area contributed by atoms with Crippen LogP contribution in [0.5, 0.6) is 0 Å². The van der Waals surface area contributed by atoms with Gasteiger partial charge in [-0.25, -0.2) is 0 Å². The number of hydrogen-bond donors (Lipinski definition) is 1. The fraction of sp³-hybridized carbons (Fsp3) is 0.455. The van der Waals surface area contributed by atoms with Gasteiger partial charge in [-0.2, -0.15) is 0 Å². The van der Waals surface area contributed by atoms with Crippen LogP contribution in [0.4, 0.5) is 0 Å². The molecule has 0 unspecified atom stereocenters. The summed E-state index contributed by atoms with van der Waals surface area (Å²) in [5.74, 6) is 0. The molecule has 0 aromatic carbocycles. The van der Waals surface area contributed by atoms with E-state index < -0.39 is 0 Å². The Morgan fingerprint density at radius 1 is 1.42 bits per heavy atom. The number of nitrogens with one attached hydrogen (secondary N) is 1. The molecule has 0 aliphatic rings. The maximum Gasteiger partial charge on any atom is 0.0205 e. The number of hydrogen-bond acceptors (Lipinski definition) is 1. The van der Waals surface area contributed by atoms with Gasteiger partial charge in [-0.1, -0.05) is 31.7 Å². The Morgan fingerprint density at radius 2 is 2.08 bits per heavy atom. The SMILES string of the molecule is C=C/C(CNC)=C(\C=C/C)CC. The molecule has 0 heterocycles. The Morgan fingerprint density at radius 3 is 2.42 bits per heavy atom. The predicted octanol–water partition coefficient (Wildman–Crippen LogP) is 2.67. The molecule has 12 heavy (non-hydrogen) atoms. The Hall–Kier alpha value is -0.820. The van der Waals surface area contributed by atoms with Crippen molar-refractivity contribution in [2.75, 3.05) is 13.6 Å². The Balaban J connectivity index is 4.60. The van der Waals surface area contributed by atoms with Gasteiger partial charge < -0.3 is 5.32 Å². The summed E-state index contributed by atoms with van der Waals surface area (Å²) < 4.78 is 0. The van der Waals surface area contributed by atoms with Gasteiger partial charge in [-0.3, -0.25) is 0 Å². The first kappa shape index (κ1) is 11.2. The van der Waals surface area contributed by atoms with Crippen molar-refractivity contribution in [2.45, 2.75) is 20.3 Å². The van der Waals surface area contributed by atoms with Gasteiger partial charge in [0.05, 0.1) is 0 Å². The first-order valence-electron chi connectivity index (χ1n) is 4.41. The van der Waals surface area contributed by atoms with E-state index in [-0.39, 0.29) is 0 Å². The Bertz CT molecular complexity index is 187. The van der Waals surface area contributed by atoms with Crippen LogP contribution in [0.15, 0.2) is 36.0 Å². The van der Waals surface area contributed by atoms with Crippen LogP contribution in [0.1, 0.15) is 20.3 Å². The number of allylic oxidation sites excluding steroid dienone is 3. The molecule has 0 saturated heterocycles. The maximum atomic E-state index is 3.80. The molecule has 0 spiro atoms. The van der Waals surface area contributed by atoms with Crippen molar-refractivity contribution in [3.63, 3.8) is 0 Å². The monoisotopic (exact) mass is 165 g/mol. The minimum absolute atomic E-state index is 0.900. The van der Waals surface area contributed by atoms with Gasteiger partial charge >= 0.3 is 0 Å². The molecule has 1 nitrogen and oxygen atoms in total. The van der Waals surface area contributed by atoms with E-state index in [0.717, 1.165) is 13.0 Å². The van der Waals surface area contributed by atoms with Crippen molar-refractivity contribution in [1.29, 1.82) is 0 Å². The zero-order valence-electron chi connectivity index (χ0n) is 8.35. The van der Waals surface area contributed by atoms with Crippen molar-refractivity contribution in [3.8, 4) is 0 Å². The fourth-order valence-corrected chi connectivity index (χ4v) is 1.16. The molecule has 0 atom stereocenters. The van der Waals surface area contributed by atoms with Gasteiger partial charge in [0, 0.05) is 6.54 Å². The van der Waals surface area contributed by atoms with Crippen molar-refractivity contribution in [3.05, 3.63) is 36.0 Å². The second kappa shape index (κ2) is 6.86. The highest BCUT2D eigenvalue weighted by molar-refractivity contribution is 5.32. The Labute approximate surface area is 75.9 Å². The molecule has 0 radical (unpaired) electrons. The molecule has 68 valence electrons. The molecule has 0 fully saturated rings. The summed E-state index contributed by atoms with van der Waals surface area (Å²) in [5, 5.41) is 3.13. The number of likely N-dealkylation sites (N-methyl/N-ethyl adjacent to an activating group) is 1. The molecule has 0 rings (SSSR count). The molecular weight excluding hydrogens is 146 g/mol. The third-order valence-corrected chi connectivity index (χ3v) is 1.77. The number of rotatable bonds is 5. The summed E-state index contributed by atoms with van der Waals surface area (Å²) >= 11 is 0. The zero-order chi connectivity index (χ0) is 9.40. The van der Waals surface area contributed by atoms with E-state index >= 15 is 0 Å². The lowest BCUT2D eigenvalue weighted by Gasteiger charge is -2.06. The maximum absolute atomic E-state index is 3.80. The molecule has 0 aromatic rings. The molecule has 0 bridgehead atoms. The van der Waals surface area contributed by atoms with Gasteiger partial charge in [0.15, 0.2) is 0 Å². The van der Waals surface area contributed by atoms with Crippen LogP contribution >= 0.6 is 0 Å². The summed E-state index contributed by atoms with van der Waals surface area (Å²) in [6, 6.07) is 0. The molecule has 0 amide bonds. The van der Waals surface area contributed by atoms with E-state index in [1.165, 1.54) is 11.1 Å². The van der Waals surface area contributed by atoms with E-state index in [9.17, 15) is 0 Å². The lowest BCUT2D eigenvalue weighted by molar-refractivity contribution is 0.882. The van der Waals surface area contributed by atoms with Crippen molar-refractivity contribution in [1.82, 2.24) is 5.32 Å². The van der Waals surface area contributed by atoms with Gasteiger partial charge in [-0.15, -0.1) is 0 Å². The van der Waals surface area contributed by atoms with Crippen molar-refractivity contribution < 1.29 is 0 Å². The second-order valence-electron chi connectivity index (χ2n) is 2.64. The summed E-state index contributed by atoms with van der Waals surface area (Å²) in [6.07, 6.45) is 7.20. The zero-order valence-corrected chi connectivity index (χ0v) is 8.35. The smallest absolute Gasteiger partial charge is 0.0205 e. The average molecular weight is 165 g/mol. The van der Waals surface area contributed by atoms with E-state index in [1.54, 1.807) is 0 Å². The van der Waals surface area contributed by atoms with E-state index in [0.29, 0.717) is 0 Å². The summed E-state index contributed by atoms with van der Waals surface area (Å²) in [4.78, 5) is 0. The summed E-state index contributed by atoms with van der Waals surface area (Å²) in [7, 11) is 1.95. The van der Waals surface area contributed by atoms with Gasteiger partial charge in [0.1, 0.15) is 0 Å². The average Bonchev–Trinajstić information content (AvgIpc) is 2.11. The molecule has 0 aromatic heterocycles. The highest BCUT2D eigenvalue weighted by atomic mass is 14.8. The van der Waals surface area contributed by atoms with Crippen molar-refractivity contribution >= 4 is 0 Å².